The minimum absolute atomic E-state index is 0.178. The van der Waals surface area contributed by atoms with Crippen LogP contribution in [-0.4, -0.2) is 71.3 Å². The largest absolute Gasteiger partial charge is 0.444 e. The molecule has 36 heavy (non-hydrogen) atoms. The zero-order valence-electron chi connectivity index (χ0n) is 21.8. The lowest BCUT2D eigenvalue weighted by Crippen LogP contribution is -2.50. The first kappa shape index (κ1) is 28.7. The van der Waals surface area contributed by atoms with E-state index >= 15 is 0 Å². The molecule has 3 N–H and O–H groups in total. The molecule has 12 nitrogen and oxygen atoms in total. The SMILES string of the molecule is CC(C)(C)OC(=O)NCCNc1ccc(C(=O)N2CCC[C@@H](NC(=O)OC(C)(C)C)C2)cc1[N+](=O)[O-]. The summed E-state index contributed by atoms with van der Waals surface area (Å²) in [5.41, 5.74) is -1.10. The van der Waals surface area contributed by atoms with Crippen LogP contribution < -0.4 is 16.0 Å². The summed E-state index contributed by atoms with van der Waals surface area (Å²) >= 11 is 0. The normalized spacial score (nSPS) is 16.1. The summed E-state index contributed by atoms with van der Waals surface area (Å²) in [7, 11) is 0. The lowest BCUT2D eigenvalue weighted by atomic mass is 10.0. The third-order valence-electron chi connectivity index (χ3n) is 4.98. The van der Waals surface area contributed by atoms with Gasteiger partial charge in [-0.2, -0.15) is 0 Å². The van der Waals surface area contributed by atoms with Crippen molar-refractivity contribution in [1.29, 1.82) is 0 Å². The Morgan fingerprint density at radius 3 is 2.31 bits per heavy atom. The molecule has 1 atom stereocenters. The minimum atomic E-state index is -0.630. The zero-order valence-corrected chi connectivity index (χ0v) is 21.8. The van der Waals surface area contributed by atoms with Crippen molar-refractivity contribution in [2.45, 2.75) is 71.6 Å². The highest BCUT2D eigenvalue weighted by Gasteiger charge is 2.28. The van der Waals surface area contributed by atoms with Crippen LogP contribution >= 0.6 is 0 Å². The third kappa shape index (κ3) is 9.59. The van der Waals surface area contributed by atoms with E-state index < -0.39 is 28.3 Å². The predicted molar refractivity (Wildman–Crippen MR) is 134 cm³/mol. The number of hydrogen-bond acceptors (Lipinski definition) is 8. The molecule has 0 spiro atoms. The Bertz CT molecular complexity index is 969. The van der Waals surface area contributed by atoms with Gasteiger partial charge in [0.1, 0.15) is 16.9 Å². The molecule has 1 fully saturated rings. The van der Waals surface area contributed by atoms with E-state index in [0.29, 0.717) is 19.4 Å². The fourth-order valence-corrected chi connectivity index (χ4v) is 3.58. The van der Waals surface area contributed by atoms with E-state index in [1.807, 2.05) is 0 Å². The van der Waals surface area contributed by atoms with Crippen molar-refractivity contribution in [2.75, 3.05) is 31.5 Å². The number of nitrogens with one attached hydrogen (secondary N) is 3. The molecule has 0 bridgehead atoms. The van der Waals surface area contributed by atoms with Crippen LogP contribution in [0.4, 0.5) is 21.0 Å². The summed E-state index contributed by atoms with van der Waals surface area (Å²) < 4.78 is 10.4. The number of rotatable bonds is 7. The Balaban J connectivity index is 1.98. The molecule has 0 aliphatic carbocycles. The van der Waals surface area contributed by atoms with Crippen molar-refractivity contribution in [2.24, 2.45) is 0 Å². The van der Waals surface area contributed by atoms with Crippen molar-refractivity contribution in [3.8, 4) is 0 Å². The van der Waals surface area contributed by atoms with Crippen molar-refractivity contribution in [3.63, 3.8) is 0 Å². The topological polar surface area (TPSA) is 152 Å². The van der Waals surface area contributed by atoms with Crippen molar-refractivity contribution >= 4 is 29.5 Å². The number of nitro groups is 1. The first-order valence-electron chi connectivity index (χ1n) is 11.9. The fraction of sp³-hybridized carbons (Fsp3) is 0.625. The van der Waals surface area contributed by atoms with Gasteiger partial charge in [0.25, 0.3) is 11.6 Å². The third-order valence-corrected chi connectivity index (χ3v) is 4.98. The molecular formula is C24H37N5O7. The number of ether oxygens (including phenoxy) is 2. The van der Waals surface area contributed by atoms with Crippen LogP contribution in [-0.2, 0) is 9.47 Å². The summed E-state index contributed by atoms with van der Waals surface area (Å²) in [5.74, 6) is -0.355. The number of amides is 3. The number of carbonyl (C=O) groups is 3. The molecule has 0 unspecified atom stereocenters. The standard InChI is InChI=1S/C24H37N5O7/c1-23(2,3)35-21(31)26-12-11-25-18-10-9-16(14-19(18)29(33)34)20(30)28-13-7-8-17(15-28)27-22(32)36-24(4,5)6/h9-10,14,17,25H,7-8,11-13,15H2,1-6H3,(H,26,31)(H,27,32)/t17-/m1/s1. The quantitative estimate of drug-likeness (QED) is 0.287. The molecule has 1 saturated heterocycles. The average molecular weight is 508 g/mol. The number of nitrogens with zero attached hydrogens (tertiary/aromatic N) is 2. The molecule has 12 heteroatoms. The van der Waals surface area contributed by atoms with E-state index in [1.165, 1.54) is 18.2 Å². The molecule has 2 rings (SSSR count). The maximum Gasteiger partial charge on any atom is 0.407 e. The lowest BCUT2D eigenvalue weighted by Gasteiger charge is -2.33. The molecular weight excluding hydrogens is 470 g/mol. The van der Waals surface area contributed by atoms with Gasteiger partial charge in [-0.05, 0) is 66.5 Å². The lowest BCUT2D eigenvalue weighted by molar-refractivity contribution is -0.384. The summed E-state index contributed by atoms with van der Waals surface area (Å²) in [6, 6.07) is 3.95. The van der Waals surface area contributed by atoms with Gasteiger partial charge in [-0.15, -0.1) is 0 Å². The van der Waals surface area contributed by atoms with Crippen molar-refractivity contribution in [3.05, 3.63) is 33.9 Å². The number of hydrogen-bond donors (Lipinski definition) is 3. The Kier molecular flexibility index (Phi) is 9.48. The smallest absolute Gasteiger partial charge is 0.407 e. The maximum atomic E-state index is 13.1. The highest BCUT2D eigenvalue weighted by molar-refractivity contribution is 5.96. The Labute approximate surface area is 211 Å². The zero-order chi connectivity index (χ0) is 27.1. The molecule has 0 aromatic heterocycles. The summed E-state index contributed by atoms with van der Waals surface area (Å²) in [4.78, 5) is 49.5. The molecule has 200 valence electrons. The van der Waals surface area contributed by atoms with Gasteiger partial charge in [0.2, 0.25) is 0 Å². The first-order chi connectivity index (χ1) is 16.6. The molecule has 1 aliphatic rings. The number of piperidine rings is 1. The van der Waals surface area contributed by atoms with Crippen LogP contribution in [0.5, 0.6) is 0 Å². The number of alkyl carbamates (subject to hydrolysis) is 2. The molecule has 1 heterocycles. The number of carbonyl (C=O) groups excluding carboxylic acids is 3. The van der Waals surface area contributed by atoms with Crippen LogP contribution in [0.2, 0.25) is 0 Å². The van der Waals surface area contributed by atoms with Gasteiger partial charge in [0.15, 0.2) is 0 Å². The van der Waals surface area contributed by atoms with Crippen LogP contribution in [0, 0.1) is 10.1 Å². The average Bonchev–Trinajstić information content (AvgIpc) is 2.73. The summed E-state index contributed by atoms with van der Waals surface area (Å²) in [6.45, 7) is 11.7. The van der Waals surface area contributed by atoms with E-state index in [-0.39, 0.29) is 48.5 Å². The van der Waals surface area contributed by atoms with Crippen molar-refractivity contribution in [1.82, 2.24) is 15.5 Å². The molecule has 1 aromatic carbocycles. The van der Waals surface area contributed by atoms with Gasteiger partial charge in [-0.3, -0.25) is 14.9 Å². The van der Waals surface area contributed by atoms with Gasteiger partial charge < -0.3 is 30.3 Å². The van der Waals surface area contributed by atoms with Crippen LogP contribution in [0.3, 0.4) is 0 Å². The molecule has 0 saturated carbocycles. The maximum absolute atomic E-state index is 13.1. The molecule has 1 aromatic rings. The Morgan fingerprint density at radius 1 is 1.06 bits per heavy atom. The van der Waals surface area contributed by atoms with Gasteiger partial charge in [0, 0.05) is 43.9 Å². The molecule has 1 aliphatic heterocycles. The van der Waals surface area contributed by atoms with E-state index in [1.54, 1.807) is 46.4 Å². The van der Waals surface area contributed by atoms with Gasteiger partial charge >= 0.3 is 12.2 Å². The number of anilines is 1. The number of likely N-dealkylation sites (tertiary alicyclic amines) is 1. The molecule has 3 amide bonds. The fourth-order valence-electron chi connectivity index (χ4n) is 3.58. The monoisotopic (exact) mass is 507 g/mol. The second kappa shape index (κ2) is 11.9. The van der Waals surface area contributed by atoms with Crippen LogP contribution in [0.15, 0.2) is 18.2 Å². The van der Waals surface area contributed by atoms with E-state index in [4.69, 9.17) is 9.47 Å². The van der Waals surface area contributed by atoms with Crippen molar-refractivity contribution < 1.29 is 28.8 Å². The minimum Gasteiger partial charge on any atom is -0.444 e. The summed E-state index contributed by atoms with van der Waals surface area (Å²) in [5, 5.41) is 19.9. The highest BCUT2D eigenvalue weighted by Crippen LogP contribution is 2.27. The van der Waals surface area contributed by atoms with Crippen LogP contribution in [0.25, 0.3) is 0 Å². The number of benzene rings is 1. The van der Waals surface area contributed by atoms with Gasteiger partial charge in [-0.25, -0.2) is 9.59 Å². The second-order valence-corrected chi connectivity index (χ2v) is 10.6. The van der Waals surface area contributed by atoms with Crippen LogP contribution in [0.1, 0.15) is 64.7 Å². The van der Waals surface area contributed by atoms with Gasteiger partial charge in [-0.1, -0.05) is 0 Å². The second-order valence-electron chi connectivity index (χ2n) is 10.6. The molecule has 0 radical (unpaired) electrons. The Morgan fingerprint density at radius 2 is 1.69 bits per heavy atom. The predicted octanol–water partition coefficient (Wildman–Crippen LogP) is 3.66. The van der Waals surface area contributed by atoms with E-state index in [9.17, 15) is 24.5 Å². The summed E-state index contributed by atoms with van der Waals surface area (Å²) in [6.07, 6.45) is 0.247. The van der Waals surface area contributed by atoms with Gasteiger partial charge in [0.05, 0.1) is 4.92 Å². The van der Waals surface area contributed by atoms with E-state index in [2.05, 4.69) is 16.0 Å². The van der Waals surface area contributed by atoms with E-state index in [0.717, 1.165) is 0 Å². The Hall–Kier alpha value is -3.57. The first-order valence-corrected chi connectivity index (χ1v) is 11.9. The number of nitro benzene ring substituents is 1. The highest BCUT2D eigenvalue weighted by atomic mass is 16.6.